The monoisotopic (exact) mass is 447 g/mol. The quantitative estimate of drug-likeness (QED) is 0.538. The first kappa shape index (κ1) is 21.4. The average Bonchev–Trinajstić information content (AvgIpc) is 3.35. The van der Waals surface area contributed by atoms with Crippen LogP contribution in [0.2, 0.25) is 0 Å². The van der Waals surface area contributed by atoms with Crippen molar-refractivity contribution in [3.05, 3.63) is 95.6 Å². The van der Waals surface area contributed by atoms with Crippen LogP contribution in [0.4, 0.5) is 9.18 Å². The van der Waals surface area contributed by atoms with E-state index in [-0.39, 0.29) is 11.9 Å². The molecule has 0 bridgehead atoms. The van der Waals surface area contributed by atoms with Crippen molar-refractivity contribution in [2.75, 3.05) is 19.6 Å². The van der Waals surface area contributed by atoms with Gasteiger partial charge in [-0.15, -0.1) is 0 Å². The van der Waals surface area contributed by atoms with Crippen molar-refractivity contribution in [1.82, 2.24) is 14.8 Å². The van der Waals surface area contributed by atoms with Crippen LogP contribution >= 0.6 is 0 Å². The SMILES string of the molecule is O=C1O[C@]2(CCN(Cc3cccc(OCc4ccccn4)c3)C2)CN1Cc1ccc(F)cc1. The molecule has 33 heavy (non-hydrogen) atoms. The predicted molar refractivity (Wildman–Crippen MR) is 121 cm³/mol. The predicted octanol–water partition coefficient (Wildman–Crippen LogP) is 4.40. The van der Waals surface area contributed by atoms with Crippen molar-refractivity contribution < 1.29 is 18.7 Å². The van der Waals surface area contributed by atoms with Gasteiger partial charge in [-0.05, 0) is 47.5 Å². The molecular formula is C26H26FN3O3. The number of likely N-dealkylation sites (tertiary alicyclic amines) is 1. The number of benzene rings is 2. The van der Waals surface area contributed by atoms with Crippen LogP contribution in [-0.2, 0) is 24.4 Å². The number of rotatable bonds is 7. The van der Waals surface area contributed by atoms with E-state index < -0.39 is 5.60 Å². The van der Waals surface area contributed by atoms with E-state index in [1.807, 2.05) is 30.3 Å². The van der Waals surface area contributed by atoms with Crippen LogP contribution in [0.15, 0.2) is 72.9 Å². The largest absolute Gasteiger partial charge is 0.487 e. The van der Waals surface area contributed by atoms with Crippen molar-refractivity contribution in [2.45, 2.75) is 31.7 Å². The molecule has 1 atom stereocenters. The molecule has 3 heterocycles. The minimum absolute atomic E-state index is 0.281. The van der Waals surface area contributed by atoms with Gasteiger partial charge in [0.1, 0.15) is 23.8 Å². The minimum atomic E-state index is -0.482. The number of carbonyl (C=O) groups excluding carboxylic acids is 1. The Morgan fingerprint density at radius 1 is 1.00 bits per heavy atom. The first-order valence-electron chi connectivity index (χ1n) is 11.1. The maximum Gasteiger partial charge on any atom is 0.410 e. The van der Waals surface area contributed by atoms with E-state index in [2.05, 4.69) is 22.0 Å². The highest BCUT2D eigenvalue weighted by Gasteiger charge is 2.49. The Labute approximate surface area is 192 Å². The highest BCUT2D eigenvalue weighted by Crippen LogP contribution is 2.34. The Bertz CT molecular complexity index is 1110. The van der Waals surface area contributed by atoms with Gasteiger partial charge >= 0.3 is 6.09 Å². The van der Waals surface area contributed by atoms with Crippen LogP contribution in [0.1, 0.15) is 23.2 Å². The molecule has 1 spiro atoms. The number of pyridine rings is 1. The molecule has 0 aliphatic carbocycles. The minimum Gasteiger partial charge on any atom is -0.487 e. The molecule has 0 N–H and O–H groups in total. The summed E-state index contributed by atoms with van der Waals surface area (Å²) in [6, 6.07) is 20.1. The summed E-state index contributed by atoms with van der Waals surface area (Å²) in [5, 5.41) is 0. The zero-order valence-corrected chi connectivity index (χ0v) is 18.3. The average molecular weight is 448 g/mol. The van der Waals surface area contributed by atoms with Gasteiger partial charge in [0.25, 0.3) is 0 Å². The van der Waals surface area contributed by atoms with E-state index in [4.69, 9.17) is 9.47 Å². The summed E-state index contributed by atoms with van der Waals surface area (Å²) in [5.41, 5.74) is 2.45. The van der Waals surface area contributed by atoms with E-state index in [0.29, 0.717) is 26.2 Å². The van der Waals surface area contributed by atoms with Crippen LogP contribution in [-0.4, -0.2) is 46.1 Å². The Morgan fingerprint density at radius 2 is 1.88 bits per heavy atom. The van der Waals surface area contributed by atoms with Gasteiger partial charge in [-0.3, -0.25) is 14.8 Å². The standard InChI is InChI=1S/C26H26FN3O3/c27-22-9-7-20(8-10-22)16-30-19-26(33-25(30)31)11-13-29(18-26)15-21-4-3-6-24(14-21)32-17-23-5-1-2-12-28-23/h1-10,12,14H,11,13,15-19H2/t26-/m0/s1. The normalized spacial score (nSPS) is 20.4. The van der Waals surface area contributed by atoms with E-state index in [1.165, 1.54) is 12.1 Å². The number of amides is 1. The van der Waals surface area contributed by atoms with Crippen LogP contribution in [0.25, 0.3) is 0 Å². The lowest BCUT2D eigenvalue weighted by Crippen LogP contribution is -2.37. The van der Waals surface area contributed by atoms with E-state index in [9.17, 15) is 9.18 Å². The second-order valence-corrected chi connectivity index (χ2v) is 8.75. The number of halogens is 1. The van der Waals surface area contributed by atoms with Gasteiger partial charge in [0, 0.05) is 38.8 Å². The van der Waals surface area contributed by atoms with Gasteiger partial charge < -0.3 is 9.47 Å². The van der Waals surface area contributed by atoms with Crippen molar-refractivity contribution in [3.63, 3.8) is 0 Å². The molecule has 5 rings (SSSR count). The molecule has 170 valence electrons. The van der Waals surface area contributed by atoms with Crippen molar-refractivity contribution in [2.24, 2.45) is 0 Å². The Kier molecular flexibility index (Phi) is 5.96. The van der Waals surface area contributed by atoms with Crippen LogP contribution < -0.4 is 4.74 Å². The van der Waals surface area contributed by atoms with Gasteiger partial charge in [-0.1, -0.05) is 30.3 Å². The number of hydrogen-bond donors (Lipinski definition) is 0. The fourth-order valence-electron chi connectivity index (χ4n) is 4.53. The third-order valence-corrected chi connectivity index (χ3v) is 6.14. The topological polar surface area (TPSA) is 54.9 Å². The lowest BCUT2D eigenvalue weighted by atomic mass is 10.0. The maximum absolute atomic E-state index is 13.2. The highest BCUT2D eigenvalue weighted by atomic mass is 19.1. The molecule has 7 heteroatoms. The van der Waals surface area contributed by atoms with Crippen molar-refractivity contribution in [1.29, 1.82) is 0 Å². The molecule has 6 nitrogen and oxygen atoms in total. The summed E-state index contributed by atoms with van der Waals surface area (Å²) in [5.74, 6) is 0.529. The molecule has 0 radical (unpaired) electrons. The third kappa shape index (κ3) is 5.14. The molecule has 2 saturated heterocycles. The van der Waals surface area contributed by atoms with E-state index >= 15 is 0 Å². The van der Waals surface area contributed by atoms with Gasteiger partial charge in [-0.2, -0.15) is 0 Å². The second-order valence-electron chi connectivity index (χ2n) is 8.75. The molecule has 2 aliphatic rings. The summed E-state index contributed by atoms with van der Waals surface area (Å²) in [6.07, 6.45) is 2.26. The second kappa shape index (κ2) is 9.19. The van der Waals surface area contributed by atoms with Crippen LogP contribution in [0, 0.1) is 5.82 Å². The van der Waals surface area contributed by atoms with Gasteiger partial charge in [0.15, 0.2) is 0 Å². The summed E-state index contributed by atoms with van der Waals surface area (Å²) in [7, 11) is 0. The van der Waals surface area contributed by atoms with Gasteiger partial charge in [-0.25, -0.2) is 9.18 Å². The third-order valence-electron chi connectivity index (χ3n) is 6.14. The zero-order chi connectivity index (χ0) is 22.7. The highest BCUT2D eigenvalue weighted by molar-refractivity contribution is 5.71. The Balaban J connectivity index is 1.17. The number of ether oxygens (including phenoxy) is 2. The lowest BCUT2D eigenvalue weighted by molar-refractivity contribution is 0.0627. The summed E-state index contributed by atoms with van der Waals surface area (Å²) in [4.78, 5) is 20.8. The summed E-state index contributed by atoms with van der Waals surface area (Å²) < 4.78 is 24.9. The number of aromatic nitrogens is 1. The van der Waals surface area contributed by atoms with E-state index in [1.54, 1.807) is 23.2 Å². The molecule has 2 aliphatic heterocycles. The summed E-state index contributed by atoms with van der Waals surface area (Å²) in [6.45, 7) is 3.72. The molecular weight excluding hydrogens is 421 g/mol. The molecule has 3 aromatic rings. The summed E-state index contributed by atoms with van der Waals surface area (Å²) >= 11 is 0. The Hall–Kier alpha value is -3.45. The van der Waals surface area contributed by atoms with E-state index in [0.717, 1.165) is 42.1 Å². The molecule has 2 fully saturated rings. The fraction of sp³-hybridized carbons (Fsp3) is 0.308. The number of carbonyl (C=O) groups is 1. The molecule has 1 amide bonds. The molecule has 0 unspecified atom stereocenters. The molecule has 0 saturated carbocycles. The fourth-order valence-corrected chi connectivity index (χ4v) is 4.53. The number of hydrogen-bond acceptors (Lipinski definition) is 5. The molecule has 2 aromatic carbocycles. The first-order valence-corrected chi connectivity index (χ1v) is 11.1. The van der Waals surface area contributed by atoms with Crippen LogP contribution in [0.5, 0.6) is 5.75 Å². The van der Waals surface area contributed by atoms with Crippen LogP contribution in [0.3, 0.4) is 0 Å². The maximum atomic E-state index is 13.2. The number of nitrogens with zero attached hydrogens (tertiary/aromatic N) is 3. The van der Waals surface area contributed by atoms with Gasteiger partial charge in [0.2, 0.25) is 0 Å². The Morgan fingerprint density at radius 3 is 2.70 bits per heavy atom. The van der Waals surface area contributed by atoms with Crippen molar-refractivity contribution >= 4 is 6.09 Å². The smallest absolute Gasteiger partial charge is 0.410 e. The zero-order valence-electron chi connectivity index (χ0n) is 18.3. The van der Waals surface area contributed by atoms with Crippen molar-refractivity contribution in [3.8, 4) is 5.75 Å². The lowest BCUT2D eigenvalue weighted by Gasteiger charge is -2.22. The first-order chi connectivity index (χ1) is 16.1. The van der Waals surface area contributed by atoms with Gasteiger partial charge in [0.05, 0.1) is 12.2 Å². The molecule has 1 aromatic heterocycles.